The van der Waals surface area contributed by atoms with Crippen molar-refractivity contribution in [1.82, 2.24) is 5.32 Å². The molecule has 1 fully saturated rings. The van der Waals surface area contributed by atoms with E-state index in [0.29, 0.717) is 0 Å². The Kier molecular flexibility index (Phi) is 2.61. The molecular formula is C11H13ClFNO. The molecule has 1 aliphatic heterocycles. The molecule has 2 N–H and O–H groups in total. The molecule has 1 aliphatic rings. The third kappa shape index (κ3) is 1.70. The van der Waals surface area contributed by atoms with Crippen LogP contribution >= 0.6 is 11.6 Å². The van der Waals surface area contributed by atoms with E-state index in [0.717, 1.165) is 19.4 Å². The fourth-order valence-corrected chi connectivity index (χ4v) is 2.33. The highest BCUT2D eigenvalue weighted by molar-refractivity contribution is 6.32. The fourth-order valence-electron chi connectivity index (χ4n) is 2.17. The molecule has 1 unspecified atom stereocenters. The molecule has 0 aromatic heterocycles. The molecule has 0 amide bonds. The maximum atomic E-state index is 13.7. The lowest BCUT2D eigenvalue weighted by atomic mass is 9.89. The van der Waals surface area contributed by atoms with Gasteiger partial charge in [-0.05, 0) is 38.4 Å². The average Bonchev–Trinajstić information content (AvgIpc) is 2.60. The number of aromatic hydroxyl groups is 1. The van der Waals surface area contributed by atoms with Crippen LogP contribution in [0.2, 0.25) is 5.02 Å². The summed E-state index contributed by atoms with van der Waals surface area (Å²) in [4.78, 5) is 0. The van der Waals surface area contributed by atoms with Crippen molar-refractivity contribution in [2.45, 2.75) is 25.3 Å². The summed E-state index contributed by atoms with van der Waals surface area (Å²) in [6.45, 7) is 2.72. The molecule has 1 atom stereocenters. The summed E-state index contributed by atoms with van der Waals surface area (Å²) >= 11 is 5.78. The molecule has 2 nitrogen and oxygen atoms in total. The summed E-state index contributed by atoms with van der Waals surface area (Å²) in [5.41, 5.74) is -0.216. The van der Waals surface area contributed by atoms with Gasteiger partial charge in [0.1, 0.15) is 11.6 Å². The minimum atomic E-state index is -0.501. The van der Waals surface area contributed by atoms with Crippen LogP contribution in [0.25, 0.3) is 0 Å². The number of halogens is 2. The van der Waals surface area contributed by atoms with Gasteiger partial charge in [0.25, 0.3) is 0 Å². The van der Waals surface area contributed by atoms with Crippen LogP contribution in [0.5, 0.6) is 5.75 Å². The first-order valence-electron chi connectivity index (χ1n) is 4.97. The number of rotatable bonds is 1. The number of phenols is 1. The van der Waals surface area contributed by atoms with E-state index in [4.69, 9.17) is 11.6 Å². The highest BCUT2D eigenvalue weighted by atomic mass is 35.5. The molecule has 15 heavy (non-hydrogen) atoms. The van der Waals surface area contributed by atoms with Crippen LogP contribution in [0.15, 0.2) is 12.1 Å². The quantitative estimate of drug-likeness (QED) is 0.776. The zero-order chi connectivity index (χ0) is 11.1. The van der Waals surface area contributed by atoms with Gasteiger partial charge in [0.2, 0.25) is 0 Å². The third-order valence-electron chi connectivity index (χ3n) is 3.00. The smallest absolute Gasteiger partial charge is 0.142 e. The molecule has 1 heterocycles. The number of hydrogen-bond donors (Lipinski definition) is 2. The zero-order valence-electron chi connectivity index (χ0n) is 8.48. The number of benzene rings is 1. The largest absolute Gasteiger partial charge is 0.506 e. The van der Waals surface area contributed by atoms with Crippen LogP contribution in [0, 0.1) is 5.82 Å². The van der Waals surface area contributed by atoms with Gasteiger partial charge in [-0.2, -0.15) is 0 Å². The fraction of sp³-hybridized carbons (Fsp3) is 0.455. The second-order valence-electron chi connectivity index (χ2n) is 4.12. The van der Waals surface area contributed by atoms with E-state index in [2.05, 4.69) is 5.32 Å². The highest BCUT2D eigenvalue weighted by Crippen LogP contribution is 2.40. The van der Waals surface area contributed by atoms with Crippen LogP contribution < -0.4 is 5.32 Å². The van der Waals surface area contributed by atoms with Gasteiger partial charge in [-0.25, -0.2) is 4.39 Å². The predicted octanol–water partition coefficient (Wildman–Crippen LogP) is 2.78. The van der Waals surface area contributed by atoms with E-state index in [9.17, 15) is 9.50 Å². The molecule has 0 saturated carbocycles. The van der Waals surface area contributed by atoms with Crippen molar-refractivity contribution < 1.29 is 9.50 Å². The Balaban J connectivity index is 2.55. The van der Waals surface area contributed by atoms with Gasteiger partial charge in [0, 0.05) is 5.54 Å². The van der Waals surface area contributed by atoms with E-state index < -0.39 is 11.4 Å². The van der Waals surface area contributed by atoms with E-state index in [1.54, 1.807) is 0 Å². The Bertz CT molecular complexity index is 388. The third-order valence-corrected chi connectivity index (χ3v) is 3.30. The van der Waals surface area contributed by atoms with E-state index in [1.807, 2.05) is 6.92 Å². The number of hydrogen-bond acceptors (Lipinski definition) is 2. The molecule has 82 valence electrons. The summed E-state index contributed by atoms with van der Waals surface area (Å²) in [6.07, 6.45) is 1.78. The molecule has 1 saturated heterocycles. The molecule has 2 rings (SSSR count). The summed E-state index contributed by atoms with van der Waals surface area (Å²) in [6, 6.07) is 2.66. The summed E-state index contributed by atoms with van der Waals surface area (Å²) in [7, 11) is 0. The van der Waals surface area contributed by atoms with Crippen molar-refractivity contribution in [3.8, 4) is 5.75 Å². The van der Waals surface area contributed by atoms with E-state index in [1.165, 1.54) is 12.1 Å². The lowest BCUT2D eigenvalue weighted by Gasteiger charge is -2.26. The first kappa shape index (κ1) is 10.7. The summed E-state index contributed by atoms with van der Waals surface area (Å²) in [5.74, 6) is -0.553. The highest BCUT2D eigenvalue weighted by Gasteiger charge is 2.35. The molecule has 0 spiro atoms. The normalized spacial score (nSPS) is 25.8. The molecule has 0 aliphatic carbocycles. The first-order chi connectivity index (χ1) is 7.04. The molecule has 1 aromatic carbocycles. The topological polar surface area (TPSA) is 32.3 Å². The molecule has 0 radical (unpaired) electrons. The lowest BCUT2D eigenvalue weighted by Crippen LogP contribution is -2.34. The Hall–Kier alpha value is -0.800. The minimum absolute atomic E-state index is 0.145. The van der Waals surface area contributed by atoms with Crippen molar-refractivity contribution in [3.63, 3.8) is 0 Å². The number of nitrogens with one attached hydrogen (secondary N) is 1. The maximum Gasteiger partial charge on any atom is 0.142 e. The standard InChI is InChI=1S/C11H13ClFNO/c1-11(5-2-6-14-11)9-8(13)4-3-7(12)10(9)15/h3-4,14-15H,2,5-6H2,1H3. The Labute approximate surface area is 93.1 Å². The van der Waals surface area contributed by atoms with E-state index in [-0.39, 0.29) is 16.3 Å². The molecule has 4 heteroatoms. The Morgan fingerprint density at radius 3 is 2.87 bits per heavy atom. The van der Waals surface area contributed by atoms with E-state index >= 15 is 0 Å². The van der Waals surface area contributed by atoms with Gasteiger partial charge >= 0.3 is 0 Å². The van der Waals surface area contributed by atoms with Crippen LogP contribution in [-0.2, 0) is 5.54 Å². The molecule has 1 aromatic rings. The lowest BCUT2D eigenvalue weighted by molar-refractivity contribution is 0.375. The van der Waals surface area contributed by atoms with Crippen LogP contribution in [-0.4, -0.2) is 11.7 Å². The second kappa shape index (κ2) is 3.65. The predicted molar refractivity (Wildman–Crippen MR) is 57.7 cm³/mol. The van der Waals surface area contributed by atoms with Crippen LogP contribution in [0.4, 0.5) is 4.39 Å². The van der Waals surface area contributed by atoms with Crippen molar-refractivity contribution in [2.75, 3.05) is 6.54 Å². The van der Waals surface area contributed by atoms with Crippen LogP contribution in [0.1, 0.15) is 25.3 Å². The van der Waals surface area contributed by atoms with Gasteiger partial charge in [-0.1, -0.05) is 11.6 Å². The average molecular weight is 230 g/mol. The SMILES string of the molecule is CC1(c2c(F)ccc(Cl)c2O)CCCN1. The van der Waals surface area contributed by atoms with Gasteiger partial charge in [0.05, 0.1) is 10.6 Å². The maximum absolute atomic E-state index is 13.7. The zero-order valence-corrected chi connectivity index (χ0v) is 9.24. The van der Waals surface area contributed by atoms with Gasteiger partial charge in [0.15, 0.2) is 0 Å². The Morgan fingerprint density at radius 2 is 2.27 bits per heavy atom. The van der Waals surface area contributed by atoms with Gasteiger partial charge in [-0.3, -0.25) is 0 Å². The van der Waals surface area contributed by atoms with Crippen molar-refractivity contribution in [3.05, 3.63) is 28.5 Å². The second-order valence-corrected chi connectivity index (χ2v) is 4.52. The van der Waals surface area contributed by atoms with Crippen molar-refractivity contribution in [1.29, 1.82) is 0 Å². The van der Waals surface area contributed by atoms with Gasteiger partial charge < -0.3 is 10.4 Å². The van der Waals surface area contributed by atoms with Crippen molar-refractivity contribution in [2.24, 2.45) is 0 Å². The monoisotopic (exact) mass is 229 g/mol. The summed E-state index contributed by atoms with van der Waals surface area (Å²) in [5, 5.41) is 13.2. The Morgan fingerprint density at radius 1 is 1.53 bits per heavy atom. The summed E-state index contributed by atoms with van der Waals surface area (Å²) < 4.78 is 13.7. The number of phenolic OH excluding ortho intramolecular Hbond substituents is 1. The van der Waals surface area contributed by atoms with Gasteiger partial charge in [-0.15, -0.1) is 0 Å². The first-order valence-corrected chi connectivity index (χ1v) is 5.35. The van der Waals surface area contributed by atoms with Crippen LogP contribution in [0.3, 0.4) is 0 Å². The van der Waals surface area contributed by atoms with Crippen molar-refractivity contribution >= 4 is 11.6 Å². The minimum Gasteiger partial charge on any atom is -0.506 e. The molecular weight excluding hydrogens is 217 g/mol. The molecule has 0 bridgehead atoms.